The third-order valence-electron chi connectivity index (χ3n) is 5.93. The monoisotopic (exact) mass is 460 g/mol. The van der Waals surface area contributed by atoms with Crippen molar-refractivity contribution >= 4 is 32.5 Å². The van der Waals surface area contributed by atoms with Crippen LogP contribution in [0.3, 0.4) is 0 Å². The minimum Gasteiger partial charge on any atom is -0.340 e. The molecule has 1 aliphatic rings. The number of carbonyl (C=O) groups is 1. The first-order chi connectivity index (χ1) is 16.1. The molecule has 0 bridgehead atoms. The lowest BCUT2D eigenvalue weighted by Gasteiger charge is -2.33. The molecule has 0 aliphatic carbocycles. The average Bonchev–Trinajstić information content (AvgIpc) is 3.25. The quantitative estimate of drug-likeness (QED) is 0.343. The van der Waals surface area contributed by atoms with Gasteiger partial charge in [0.1, 0.15) is 17.2 Å². The number of aryl methyl sites for hydroxylation is 1. The molecule has 2 aromatic heterocycles. The predicted octanol–water partition coefficient (Wildman–Crippen LogP) is 3.95. The number of hydrogen-bond acceptors (Lipinski definition) is 3. The van der Waals surface area contributed by atoms with E-state index >= 15 is 8.78 Å². The van der Waals surface area contributed by atoms with Crippen LogP contribution in [0, 0.1) is 11.6 Å². The first-order valence-corrected chi connectivity index (χ1v) is 10.2. The highest BCUT2D eigenvalue weighted by Gasteiger charge is 2.43. The zero-order chi connectivity index (χ0) is 24.4. The number of rotatable bonds is 4. The first kappa shape index (κ1) is 22.2. The second kappa shape index (κ2) is 7.72. The van der Waals surface area contributed by atoms with E-state index in [9.17, 15) is 13.6 Å². The number of benzene rings is 2. The van der Waals surface area contributed by atoms with Crippen LogP contribution in [-0.4, -0.2) is 41.3 Å². The Hall–Kier alpha value is -3.62. The molecule has 34 heavy (non-hydrogen) atoms. The van der Waals surface area contributed by atoms with Crippen molar-refractivity contribution in [3.05, 3.63) is 82.8 Å². The van der Waals surface area contributed by atoms with Crippen LogP contribution < -0.4 is 0 Å². The Kier molecular flexibility index (Phi) is 5.03. The van der Waals surface area contributed by atoms with Crippen LogP contribution in [-0.2, 0) is 18.9 Å². The summed E-state index contributed by atoms with van der Waals surface area (Å²) in [6.45, 7) is -0.535. The van der Waals surface area contributed by atoms with Crippen molar-refractivity contribution in [2.75, 3.05) is 0 Å². The Labute approximate surface area is 194 Å². The highest BCUT2D eigenvalue weighted by molar-refractivity contribution is 6.42. The molecule has 166 valence electrons. The normalized spacial score (nSPS) is 14.9. The molecule has 2 aromatic carbocycles. The van der Waals surface area contributed by atoms with E-state index in [-0.39, 0.29) is 27.9 Å². The Bertz CT molecular complexity index is 1450. The summed E-state index contributed by atoms with van der Waals surface area (Å²) in [7, 11) is 13.8. The fraction of sp³-hybridized carbons (Fsp3) is 0.174. The van der Waals surface area contributed by atoms with E-state index in [1.807, 2.05) is 0 Å². The van der Waals surface area contributed by atoms with Crippen LogP contribution in [0.1, 0.15) is 33.6 Å². The van der Waals surface area contributed by atoms with E-state index < -0.39 is 41.4 Å². The number of halogens is 4. The van der Waals surface area contributed by atoms with Gasteiger partial charge in [-0.25, -0.2) is 17.6 Å². The molecular formula is C23H14B2F4N4O. The summed E-state index contributed by atoms with van der Waals surface area (Å²) in [5.41, 5.74) is 0.0684. The minimum absolute atomic E-state index is 0.0452. The largest absolute Gasteiger partial charge is 0.340 e. The molecular weight excluding hydrogens is 446 g/mol. The number of pyridine rings is 1. The van der Waals surface area contributed by atoms with Crippen molar-refractivity contribution in [3.8, 4) is 11.1 Å². The third-order valence-corrected chi connectivity index (χ3v) is 5.93. The van der Waals surface area contributed by atoms with Gasteiger partial charge in [-0.2, -0.15) is 5.10 Å². The van der Waals surface area contributed by atoms with Crippen LogP contribution >= 0.6 is 0 Å². The lowest BCUT2D eigenvalue weighted by atomic mass is 9.59. The van der Waals surface area contributed by atoms with Gasteiger partial charge in [0.05, 0.1) is 33.5 Å². The highest BCUT2D eigenvalue weighted by atomic mass is 19.3. The fourth-order valence-corrected chi connectivity index (χ4v) is 4.28. The maximum Gasteiger partial charge on any atom is 0.266 e. The van der Waals surface area contributed by atoms with Gasteiger partial charge in [0, 0.05) is 41.3 Å². The number of fused-ring (bicyclic) bond motifs is 2. The summed E-state index contributed by atoms with van der Waals surface area (Å²) in [4.78, 5) is 17.8. The van der Waals surface area contributed by atoms with Gasteiger partial charge in [0.2, 0.25) is 0 Å². The zero-order valence-corrected chi connectivity index (χ0v) is 17.8. The van der Waals surface area contributed by atoms with E-state index in [1.54, 1.807) is 7.05 Å². The van der Waals surface area contributed by atoms with Crippen molar-refractivity contribution in [1.29, 1.82) is 0 Å². The fourth-order valence-electron chi connectivity index (χ4n) is 4.28. The van der Waals surface area contributed by atoms with Crippen molar-refractivity contribution in [3.63, 3.8) is 0 Å². The third kappa shape index (κ3) is 3.29. The lowest BCUT2D eigenvalue weighted by Crippen LogP contribution is -2.45. The standard InChI is InChI=1S/C23H14B2F4N4O/c1-32-9-15-12(4-5-13(21(28)29)19(15)31-32)11-7-17(26)16(18(27)8-11)10-33-22(34)14-3-2-6-30-20(14)23(33,24)25/h2-9,21H,10H2,1H3. The highest BCUT2D eigenvalue weighted by Crippen LogP contribution is 2.37. The summed E-state index contributed by atoms with van der Waals surface area (Å²) in [6.07, 6.45) is 0.162. The lowest BCUT2D eigenvalue weighted by molar-refractivity contribution is 0.0727. The summed E-state index contributed by atoms with van der Waals surface area (Å²) >= 11 is 0. The number of nitrogens with zero attached hydrogens (tertiary/aromatic N) is 4. The topological polar surface area (TPSA) is 51.0 Å². The minimum atomic E-state index is -2.76. The molecule has 5 rings (SSSR count). The summed E-state index contributed by atoms with van der Waals surface area (Å²) in [5.74, 6) is -2.49. The molecule has 5 nitrogen and oxygen atoms in total. The van der Waals surface area contributed by atoms with E-state index in [4.69, 9.17) is 15.7 Å². The van der Waals surface area contributed by atoms with E-state index in [1.165, 1.54) is 41.3 Å². The van der Waals surface area contributed by atoms with Crippen LogP contribution in [0.25, 0.3) is 22.0 Å². The second-order valence-electron chi connectivity index (χ2n) is 8.10. The van der Waals surface area contributed by atoms with Gasteiger partial charge in [-0.3, -0.25) is 14.5 Å². The maximum absolute atomic E-state index is 15.2. The molecule has 0 spiro atoms. The zero-order valence-electron chi connectivity index (χ0n) is 17.8. The van der Waals surface area contributed by atoms with Gasteiger partial charge in [0.25, 0.3) is 12.3 Å². The van der Waals surface area contributed by atoms with Gasteiger partial charge >= 0.3 is 0 Å². The number of alkyl halides is 2. The van der Waals surface area contributed by atoms with Gasteiger partial charge in [-0.1, -0.05) is 12.1 Å². The first-order valence-electron chi connectivity index (χ1n) is 10.2. The molecule has 0 saturated carbocycles. The molecule has 1 aliphatic heterocycles. The molecule has 4 aromatic rings. The average molecular weight is 460 g/mol. The summed E-state index contributed by atoms with van der Waals surface area (Å²) in [6, 6.07) is 7.72. The van der Waals surface area contributed by atoms with Gasteiger partial charge in [-0.15, -0.1) is 0 Å². The summed E-state index contributed by atoms with van der Waals surface area (Å²) in [5, 5.41) is 2.54. The van der Waals surface area contributed by atoms with Crippen LogP contribution in [0.5, 0.6) is 0 Å². The van der Waals surface area contributed by atoms with E-state index in [2.05, 4.69) is 10.1 Å². The van der Waals surface area contributed by atoms with Crippen LogP contribution in [0.2, 0.25) is 0 Å². The molecule has 4 radical (unpaired) electrons. The van der Waals surface area contributed by atoms with Crippen molar-refractivity contribution in [1.82, 2.24) is 19.7 Å². The van der Waals surface area contributed by atoms with Gasteiger partial charge in [-0.05, 0) is 35.4 Å². The molecule has 0 N–H and O–H groups in total. The van der Waals surface area contributed by atoms with Crippen LogP contribution in [0.4, 0.5) is 17.6 Å². The Morgan fingerprint density at radius 2 is 1.79 bits per heavy atom. The molecule has 0 saturated heterocycles. The van der Waals surface area contributed by atoms with Crippen molar-refractivity contribution < 1.29 is 22.4 Å². The van der Waals surface area contributed by atoms with E-state index in [0.29, 0.717) is 10.9 Å². The van der Waals surface area contributed by atoms with Gasteiger partial charge in [0.15, 0.2) is 0 Å². The van der Waals surface area contributed by atoms with Crippen LogP contribution in [0.15, 0.2) is 48.8 Å². The Morgan fingerprint density at radius 1 is 1.09 bits per heavy atom. The Morgan fingerprint density at radius 3 is 2.44 bits per heavy atom. The van der Waals surface area contributed by atoms with E-state index in [0.717, 1.165) is 17.0 Å². The predicted molar refractivity (Wildman–Crippen MR) is 118 cm³/mol. The Balaban J connectivity index is 1.55. The molecule has 11 heteroatoms. The molecule has 1 amide bonds. The summed E-state index contributed by atoms with van der Waals surface area (Å²) < 4.78 is 58.4. The molecule has 3 heterocycles. The van der Waals surface area contributed by atoms with Crippen molar-refractivity contribution in [2.24, 2.45) is 7.05 Å². The number of amides is 1. The number of hydrogen-bond donors (Lipinski definition) is 0. The maximum atomic E-state index is 15.2. The second-order valence-corrected chi connectivity index (χ2v) is 8.10. The SMILES string of the molecule is [B]C1([B])c2ncccc2C(=O)N1Cc1c(F)cc(-c2ccc(C(F)F)c3nn(C)cc23)cc1F. The molecule has 0 unspecified atom stereocenters. The molecule has 0 fully saturated rings. The number of aromatic nitrogens is 3. The molecule has 0 atom stereocenters. The smallest absolute Gasteiger partial charge is 0.266 e. The van der Waals surface area contributed by atoms with Gasteiger partial charge < -0.3 is 4.90 Å². The number of carbonyl (C=O) groups excluding carboxylic acids is 1. The van der Waals surface area contributed by atoms with Crippen molar-refractivity contribution in [2.45, 2.75) is 18.3 Å².